The normalized spacial score (nSPS) is 20.6. The van der Waals surface area contributed by atoms with Crippen LogP contribution in [0.1, 0.15) is 93.3 Å². The lowest BCUT2D eigenvalue weighted by atomic mass is 9.86. The Bertz CT molecular complexity index is 1500. The van der Waals surface area contributed by atoms with E-state index in [0.29, 0.717) is 29.9 Å². The molecule has 3 aliphatic rings. The first-order valence-electron chi connectivity index (χ1n) is 15.2. The Kier molecular flexibility index (Phi) is 8.42. The second-order valence-electron chi connectivity index (χ2n) is 13.4. The number of carbonyl (C=O) groups is 5. The van der Waals surface area contributed by atoms with Gasteiger partial charge >= 0.3 is 12.1 Å². The summed E-state index contributed by atoms with van der Waals surface area (Å²) in [5.41, 5.74) is 2.48. The van der Waals surface area contributed by atoms with E-state index in [9.17, 15) is 24.0 Å². The summed E-state index contributed by atoms with van der Waals surface area (Å²) in [6.07, 6.45) is 2.02. The Morgan fingerprint density at radius 3 is 2.50 bits per heavy atom. The van der Waals surface area contributed by atoms with Gasteiger partial charge in [0.05, 0.1) is 5.54 Å². The first kappa shape index (κ1) is 31.0. The molecule has 234 valence electrons. The maximum atomic E-state index is 13.1. The van der Waals surface area contributed by atoms with Gasteiger partial charge in [-0.1, -0.05) is 24.3 Å². The van der Waals surface area contributed by atoms with Crippen molar-refractivity contribution in [2.24, 2.45) is 0 Å². The SMILES string of the molecule is CC(C)(C)OC(=O)N1CCCC(c2cccc(C(C)(C)NC(=O)Nc3ccc4c(c3)CN(C3CCC(=O)NC3=O)C4=O)c2)C1. The zero-order valence-electron chi connectivity index (χ0n) is 26.0. The van der Waals surface area contributed by atoms with E-state index in [1.807, 2.05) is 46.8 Å². The molecule has 0 aromatic heterocycles. The van der Waals surface area contributed by atoms with Crippen LogP contribution in [0.4, 0.5) is 15.3 Å². The van der Waals surface area contributed by atoms with Crippen LogP contribution < -0.4 is 16.0 Å². The number of nitrogens with one attached hydrogen (secondary N) is 3. The molecule has 5 rings (SSSR count). The van der Waals surface area contributed by atoms with Gasteiger partial charge in [0.2, 0.25) is 11.8 Å². The van der Waals surface area contributed by atoms with E-state index in [0.717, 1.165) is 24.0 Å². The molecule has 2 unspecified atom stereocenters. The molecule has 2 fully saturated rings. The standard InChI is InChI=1S/C33H41N5O6/c1-32(2,3)44-31(43)37-15-7-9-21(18-37)20-8-6-10-23(16-20)33(4,5)36-30(42)34-24-11-12-25-22(17-24)19-38(29(25)41)26-13-14-27(39)35-28(26)40/h6,8,10-12,16-17,21,26H,7,9,13-15,18-19H2,1-5H3,(H2,34,36,42)(H,35,39,40). The number of hydrogen-bond acceptors (Lipinski definition) is 6. The van der Waals surface area contributed by atoms with Gasteiger partial charge in [0, 0.05) is 43.2 Å². The number of ether oxygens (including phenoxy) is 1. The number of hydrogen-bond donors (Lipinski definition) is 3. The lowest BCUT2D eigenvalue weighted by molar-refractivity contribution is -0.136. The average Bonchev–Trinajstić information content (AvgIpc) is 3.27. The van der Waals surface area contributed by atoms with Crippen LogP contribution in [-0.4, -0.2) is 64.4 Å². The second kappa shape index (κ2) is 11.9. The second-order valence-corrected chi connectivity index (χ2v) is 13.4. The molecular formula is C33H41N5O6. The van der Waals surface area contributed by atoms with Crippen molar-refractivity contribution in [3.63, 3.8) is 0 Å². The number of imide groups is 1. The monoisotopic (exact) mass is 603 g/mol. The van der Waals surface area contributed by atoms with Crippen LogP contribution in [0.25, 0.3) is 0 Å². The van der Waals surface area contributed by atoms with E-state index in [2.05, 4.69) is 28.1 Å². The summed E-state index contributed by atoms with van der Waals surface area (Å²) < 4.78 is 5.59. The van der Waals surface area contributed by atoms with Crippen molar-refractivity contribution < 1.29 is 28.7 Å². The Morgan fingerprint density at radius 2 is 1.77 bits per heavy atom. The number of nitrogens with zero attached hydrogens (tertiary/aromatic N) is 2. The highest BCUT2D eigenvalue weighted by atomic mass is 16.6. The maximum Gasteiger partial charge on any atom is 0.410 e. The fourth-order valence-corrected chi connectivity index (χ4v) is 6.09. The topological polar surface area (TPSA) is 137 Å². The average molecular weight is 604 g/mol. The quantitative estimate of drug-likeness (QED) is 0.427. The molecule has 2 saturated heterocycles. The lowest BCUT2D eigenvalue weighted by Gasteiger charge is -2.35. The number of urea groups is 1. The summed E-state index contributed by atoms with van der Waals surface area (Å²) >= 11 is 0. The predicted octanol–water partition coefficient (Wildman–Crippen LogP) is 4.62. The molecule has 2 aromatic carbocycles. The van der Waals surface area contributed by atoms with Crippen molar-refractivity contribution in [1.82, 2.24) is 20.4 Å². The third kappa shape index (κ3) is 6.87. The number of benzene rings is 2. The highest BCUT2D eigenvalue weighted by Crippen LogP contribution is 2.32. The van der Waals surface area contributed by atoms with Crippen LogP contribution in [0, 0.1) is 0 Å². The number of fused-ring (bicyclic) bond motifs is 1. The fourth-order valence-electron chi connectivity index (χ4n) is 6.09. The molecule has 11 nitrogen and oxygen atoms in total. The van der Waals surface area contributed by atoms with Crippen LogP contribution in [0.2, 0.25) is 0 Å². The Hall–Kier alpha value is -4.41. The molecule has 44 heavy (non-hydrogen) atoms. The van der Waals surface area contributed by atoms with E-state index in [-0.39, 0.29) is 43.2 Å². The fraction of sp³-hybridized carbons (Fsp3) is 0.485. The molecule has 2 aromatic rings. The number of rotatable bonds is 5. The molecule has 0 radical (unpaired) electrons. The largest absolute Gasteiger partial charge is 0.444 e. The molecule has 3 aliphatic heterocycles. The number of piperidine rings is 2. The van der Waals surface area contributed by atoms with Gasteiger partial charge in [-0.3, -0.25) is 19.7 Å². The lowest BCUT2D eigenvalue weighted by Crippen LogP contribution is -2.52. The van der Waals surface area contributed by atoms with Crippen molar-refractivity contribution in [3.05, 3.63) is 64.7 Å². The minimum atomic E-state index is -0.713. The highest BCUT2D eigenvalue weighted by Gasteiger charge is 2.39. The molecule has 2 atom stereocenters. The van der Waals surface area contributed by atoms with Crippen LogP contribution in [0.5, 0.6) is 0 Å². The summed E-state index contributed by atoms with van der Waals surface area (Å²) in [6, 6.07) is 12.1. The van der Waals surface area contributed by atoms with Crippen LogP contribution in [0.15, 0.2) is 42.5 Å². The molecule has 11 heteroatoms. The maximum absolute atomic E-state index is 13.1. The predicted molar refractivity (Wildman–Crippen MR) is 164 cm³/mol. The van der Waals surface area contributed by atoms with Gasteiger partial charge < -0.3 is 25.2 Å². The molecule has 6 amide bonds. The zero-order valence-corrected chi connectivity index (χ0v) is 26.0. The van der Waals surface area contributed by atoms with Gasteiger partial charge in [0.25, 0.3) is 5.91 Å². The Morgan fingerprint density at radius 1 is 1.00 bits per heavy atom. The number of likely N-dealkylation sites (tertiary alicyclic amines) is 1. The van der Waals surface area contributed by atoms with Gasteiger partial charge in [-0.05, 0) is 88.8 Å². The number of amides is 6. The summed E-state index contributed by atoms with van der Waals surface area (Å²) in [7, 11) is 0. The van der Waals surface area contributed by atoms with Gasteiger partial charge in [0.1, 0.15) is 11.6 Å². The number of anilines is 1. The van der Waals surface area contributed by atoms with Gasteiger partial charge in [-0.15, -0.1) is 0 Å². The number of carbonyl (C=O) groups excluding carboxylic acids is 5. The smallest absolute Gasteiger partial charge is 0.410 e. The van der Waals surface area contributed by atoms with Gasteiger partial charge in [-0.25, -0.2) is 9.59 Å². The molecule has 0 bridgehead atoms. The third-order valence-electron chi connectivity index (χ3n) is 8.36. The van der Waals surface area contributed by atoms with Crippen molar-refractivity contribution in [1.29, 1.82) is 0 Å². The summed E-state index contributed by atoms with van der Waals surface area (Å²) in [4.78, 5) is 65.9. The van der Waals surface area contributed by atoms with E-state index in [4.69, 9.17) is 4.74 Å². The summed E-state index contributed by atoms with van der Waals surface area (Å²) in [6.45, 7) is 10.9. The third-order valence-corrected chi connectivity index (χ3v) is 8.36. The molecule has 0 saturated carbocycles. The summed E-state index contributed by atoms with van der Waals surface area (Å²) in [5.74, 6) is -0.898. The highest BCUT2D eigenvalue weighted by molar-refractivity contribution is 6.05. The zero-order chi connectivity index (χ0) is 31.8. The van der Waals surface area contributed by atoms with Crippen LogP contribution in [-0.2, 0) is 26.4 Å². The van der Waals surface area contributed by atoms with Crippen molar-refractivity contribution in [2.75, 3.05) is 18.4 Å². The molecule has 3 heterocycles. The van der Waals surface area contributed by atoms with Crippen molar-refractivity contribution in [2.45, 2.75) is 89.9 Å². The van der Waals surface area contributed by atoms with Crippen molar-refractivity contribution in [3.8, 4) is 0 Å². The summed E-state index contributed by atoms with van der Waals surface area (Å²) in [5, 5.41) is 8.23. The van der Waals surface area contributed by atoms with Gasteiger partial charge in [-0.2, -0.15) is 0 Å². The molecule has 0 aliphatic carbocycles. The first-order chi connectivity index (χ1) is 20.7. The molecule has 0 spiro atoms. The molecule has 3 N–H and O–H groups in total. The van der Waals surface area contributed by atoms with E-state index in [1.54, 1.807) is 23.1 Å². The van der Waals surface area contributed by atoms with E-state index >= 15 is 0 Å². The minimum Gasteiger partial charge on any atom is -0.444 e. The minimum absolute atomic E-state index is 0.162. The first-order valence-corrected chi connectivity index (χ1v) is 15.2. The molecular weight excluding hydrogens is 562 g/mol. The van der Waals surface area contributed by atoms with Crippen molar-refractivity contribution >= 4 is 35.5 Å². The van der Waals surface area contributed by atoms with E-state index < -0.39 is 29.1 Å². The Labute approximate surface area is 257 Å². The van der Waals surface area contributed by atoms with Crippen LogP contribution in [0.3, 0.4) is 0 Å². The van der Waals surface area contributed by atoms with Gasteiger partial charge in [0.15, 0.2) is 0 Å². The Balaban J connectivity index is 1.22. The van der Waals surface area contributed by atoms with Crippen LogP contribution >= 0.6 is 0 Å². The van der Waals surface area contributed by atoms with E-state index in [1.165, 1.54) is 4.90 Å².